The first-order valence-electron chi connectivity index (χ1n) is 5.92. The maximum atomic E-state index is 11.2. The normalized spacial score (nSPS) is 10.6. The van der Waals surface area contributed by atoms with Gasteiger partial charge in [-0.3, -0.25) is 0 Å². The highest BCUT2D eigenvalue weighted by atomic mass is 16.5. The van der Waals surface area contributed by atoms with Gasteiger partial charge in [0.05, 0.1) is 6.21 Å². The largest absolute Gasteiger partial charge is 0.488 e. The monoisotopic (exact) mass is 271 g/mol. The SMILES string of the molecule is O=C(O)c1cc(C=NO)ccc1OCc1ccccc1. The van der Waals surface area contributed by atoms with Crippen LogP contribution in [-0.2, 0) is 6.61 Å². The lowest BCUT2D eigenvalue weighted by molar-refractivity contribution is 0.0691. The molecule has 0 amide bonds. The molecule has 20 heavy (non-hydrogen) atoms. The average Bonchev–Trinajstić information content (AvgIpc) is 2.47. The van der Waals surface area contributed by atoms with Crippen molar-refractivity contribution < 1.29 is 19.8 Å². The van der Waals surface area contributed by atoms with E-state index in [1.54, 1.807) is 12.1 Å². The zero-order valence-corrected chi connectivity index (χ0v) is 10.6. The second-order valence-electron chi connectivity index (χ2n) is 4.08. The molecule has 0 aromatic heterocycles. The number of benzene rings is 2. The van der Waals surface area contributed by atoms with Crippen LogP contribution in [0.4, 0.5) is 0 Å². The molecule has 0 aliphatic carbocycles. The lowest BCUT2D eigenvalue weighted by atomic mass is 10.1. The van der Waals surface area contributed by atoms with Gasteiger partial charge in [0.25, 0.3) is 0 Å². The van der Waals surface area contributed by atoms with Crippen LogP contribution in [0.2, 0.25) is 0 Å². The molecule has 0 radical (unpaired) electrons. The molecule has 2 aromatic carbocycles. The first-order chi connectivity index (χ1) is 9.70. The second-order valence-corrected chi connectivity index (χ2v) is 4.08. The van der Waals surface area contributed by atoms with Crippen molar-refractivity contribution in [1.29, 1.82) is 0 Å². The molecule has 0 aliphatic rings. The summed E-state index contributed by atoms with van der Waals surface area (Å²) in [6.45, 7) is 0.286. The number of carboxylic acid groups (broad SMARTS) is 1. The molecule has 5 nitrogen and oxygen atoms in total. The number of carboxylic acids is 1. The zero-order chi connectivity index (χ0) is 14.4. The quantitative estimate of drug-likeness (QED) is 0.498. The van der Waals surface area contributed by atoms with Crippen LogP contribution in [0.3, 0.4) is 0 Å². The van der Waals surface area contributed by atoms with E-state index in [0.29, 0.717) is 5.56 Å². The predicted molar refractivity (Wildman–Crippen MR) is 73.6 cm³/mol. The van der Waals surface area contributed by atoms with Crippen molar-refractivity contribution in [2.24, 2.45) is 5.16 Å². The summed E-state index contributed by atoms with van der Waals surface area (Å²) in [4.78, 5) is 11.2. The van der Waals surface area contributed by atoms with Gasteiger partial charge in [0.1, 0.15) is 17.9 Å². The number of ether oxygens (including phenoxy) is 1. The van der Waals surface area contributed by atoms with Gasteiger partial charge in [0.15, 0.2) is 0 Å². The Hall–Kier alpha value is -2.82. The van der Waals surface area contributed by atoms with Gasteiger partial charge in [0.2, 0.25) is 0 Å². The maximum absolute atomic E-state index is 11.2. The second kappa shape index (κ2) is 6.38. The molecule has 0 bridgehead atoms. The van der Waals surface area contributed by atoms with Crippen molar-refractivity contribution in [2.75, 3.05) is 0 Å². The minimum atomic E-state index is -1.10. The van der Waals surface area contributed by atoms with Crippen LogP contribution in [0, 0.1) is 0 Å². The molecular formula is C15H13NO4. The molecule has 0 saturated carbocycles. The Bertz CT molecular complexity index is 623. The smallest absolute Gasteiger partial charge is 0.339 e. The lowest BCUT2D eigenvalue weighted by Crippen LogP contribution is -2.04. The summed E-state index contributed by atoms with van der Waals surface area (Å²) in [5.74, 6) is -0.822. The Labute approximate surface area is 115 Å². The van der Waals surface area contributed by atoms with Crippen molar-refractivity contribution in [3.05, 3.63) is 65.2 Å². The Morgan fingerprint density at radius 3 is 2.60 bits per heavy atom. The highest BCUT2D eigenvalue weighted by Gasteiger charge is 2.12. The van der Waals surface area contributed by atoms with E-state index >= 15 is 0 Å². The van der Waals surface area contributed by atoms with Crippen LogP contribution in [0.25, 0.3) is 0 Å². The highest BCUT2D eigenvalue weighted by molar-refractivity contribution is 5.93. The molecule has 0 aliphatic heterocycles. The fourth-order valence-corrected chi connectivity index (χ4v) is 1.72. The van der Waals surface area contributed by atoms with Crippen LogP contribution in [-0.4, -0.2) is 22.5 Å². The van der Waals surface area contributed by atoms with Gasteiger partial charge in [-0.1, -0.05) is 35.5 Å². The van der Waals surface area contributed by atoms with Crippen molar-refractivity contribution in [3.8, 4) is 5.75 Å². The van der Waals surface area contributed by atoms with Gasteiger partial charge >= 0.3 is 5.97 Å². The summed E-state index contributed by atoms with van der Waals surface area (Å²) in [6, 6.07) is 14.0. The molecule has 5 heteroatoms. The lowest BCUT2D eigenvalue weighted by Gasteiger charge is -2.09. The van der Waals surface area contributed by atoms with Gasteiger partial charge in [0, 0.05) is 0 Å². The molecule has 102 valence electrons. The van der Waals surface area contributed by atoms with Crippen molar-refractivity contribution >= 4 is 12.2 Å². The Kier molecular flexibility index (Phi) is 4.34. The summed E-state index contributed by atoms with van der Waals surface area (Å²) in [6.07, 6.45) is 1.16. The van der Waals surface area contributed by atoms with E-state index in [-0.39, 0.29) is 17.9 Å². The number of carbonyl (C=O) groups is 1. The standard InChI is InChI=1S/C15H13NO4/c17-15(18)13-8-12(9-16-19)6-7-14(13)20-10-11-4-2-1-3-5-11/h1-9,19H,10H2,(H,17,18). The van der Waals surface area contributed by atoms with Crippen LogP contribution < -0.4 is 4.74 Å². The third kappa shape index (κ3) is 3.35. The van der Waals surface area contributed by atoms with Gasteiger partial charge in [-0.15, -0.1) is 0 Å². The van der Waals surface area contributed by atoms with Crippen LogP contribution in [0.15, 0.2) is 53.7 Å². The molecule has 2 N–H and O–H groups in total. The van der Waals surface area contributed by atoms with Gasteiger partial charge < -0.3 is 15.1 Å². The molecule has 0 saturated heterocycles. The molecule has 0 unspecified atom stereocenters. The van der Waals surface area contributed by atoms with E-state index in [1.165, 1.54) is 6.07 Å². The molecular weight excluding hydrogens is 258 g/mol. The predicted octanol–water partition coefficient (Wildman–Crippen LogP) is 2.77. The van der Waals surface area contributed by atoms with Crippen molar-refractivity contribution in [2.45, 2.75) is 6.61 Å². The summed E-state index contributed by atoms with van der Waals surface area (Å²) >= 11 is 0. The van der Waals surface area contributed by atoms with E-state index in [2.05, 4.69) is 5.16 Å². The van der Waals surface area contributed by atoms with Crippen LogP contribution in [0.1, 0.15) is 21.5 Å². The first kappa shape index (κ1) is 13.6. The summed E-state index contributed by atoms with van der Waals surface area (Å²) < 4.78 is 5.53. The number of hydrogen-bond acceptors (Lipinski definition) is 4. The number of aromatic carboxylic acids is 1. The summed E-state index contributed by atoms with van der Waals surface area (Å²) in [7, 11) is 0. The first-order valence-corrected chi connectivity index (χ1v) is 5.92. The maximum Gasteiger partial charge on any atom is 0.339 e. The molecule has 2 rings (SSSR count). The molecule has 2 aromatic rings. The minimum Gasteiger partial charge on any atom is -0.488 e. The van der Waals surface area contributed by atoms with E-state index in [9.17, 15) is 4.79 Å². The van der Waals surface area contributed by atoms with E-state index in [4.69, 9.17) is 15.1 Å². The van der Waals surface area contributed by atoms with Crippen molar-refractivity contribution in [3.63, 3.8) is 0 Å². The molecule has 0 spiro atoms. The number of hydrogen-bond donors (Lipinski definition) is 2. The number of rotatable bonds is 5. The van der Waals surface area contributed by atoms with E-state index < -0.39 is 5.97 Å². The zero-order valence-electron chi connectivity index (χ0n) is 10.6. The third-order valence-corrected chi connectivity index (χ3v) is 2.68. The fourth-order valence-electron chi connectivity index (χ4n) is 1.72. The highest BCUT2D eigenvalue weighted by Crippen LogP contribution is 2.21. The Balaban J connectivity index is 2.20. The van der Waals surface area contributed by atoms with Gasteiger partial charge in [-0.2, -0.15) is 0 Å². The Morgan fingerprint density at radius 1 is 1.20 bits per heavy atom. The van der Waals surface area contributed by atoms with Crippen molar-refractivity contribution in [1.82, 2.24) is 0 Å². The fraction of sp³-hybridized carbons (Fsp3) is 0.0667. The Morgan fingerprint density at radius 2 is 1.95 bits per heavy atom. The molecule has 0 fully saturated rings. The average molecular weight is 271 g/mol. The number of nitrogens with zero attached hydrogens (tertiary/aromatic N) is 1. The van der Waals surface area contributed by atoms with Crippen LogP contribution >= 0.6 is 0 Å². The minimum absolute atomic E-state index is 0.0262. The van der Waals surface area contributed by atoms with Gasteiger partial charge in [-0.25, -0.2) is 4.79 Å². The summed E-state index contributed by atoms with van der Waals surface area (Å²) in [5, 5.41) is 20.5. The van der Waals surface area contributed by atoms with Crippen LogP contribution in [0.5, 0.6) is 5.75 Å². The topological polar surface area (TPSA) is 79.1 Å². The number of oxime groups is 1. The molecule has 0 heterocycles. The van der Waals surface area contributed by atoms with E-state index in [0.717, 1.165) is 11.8 Å². The van der Waals surface area contributed by atoms with E-state index in [1.807, 2.05) is 30.3 Å². The third-order valence-electron chi connectivity index (χ3n) is 2.68. The van der Waals surface area contributed by atoms with Gasteiger partial charge in [-0.05, 0) is 29.3 Å². The molecule has 0 atom stereocenters. The summed E-state index contributed by atoms with van der Waals surface area (Å²) in [5.41, 5.74) is 1.46.